The van der Waals surface area contributed by atoms with E-state index < -0.39 is 0 Å². The highest BCUT2D eigenvalue weighted by Crippen LogP contribution is 2.29. The van der Waals surface area contributed by atoms with Crippen molar-refractivity contribution >= 4 is 38.9 Å². The number of benzene rings is 1. The van der Waals surface area contributed by atoms with Crippen LogP contribution in [0.5, 0.6) is 0 Å². The van der Waals surface area contributed by atoms with E-state index in [9.17, 15) is 0 Å². The second-order valence-corrected chi connectivity index (χ2v) is 6.17. The van der Waals surface area contributed by atoms with Crippen LogP contribution in [0.4, 0.5) is 0 Å². The highest BCUT2D eigenvalue weighted by Gasteiger charge is 2.10. The van der Waals surface area contributed by atoms with Crippen LogP contribution in [0, 0.1) is 6.92 Å². The largest absolute Gasteiger partial charge is 0.149 e. The predicted octanol–water partition coefficient (Wildman–Crippen LogP) is 5.34. The first-order valence-electron chi connectivity index (χ1n) is 5.09. The van der Waals surface area contributed by atoms with Gasteiger partial charge in [0.1, 0.15) is 0 Å². The van der Waals surface area contributed by atoms with E-state index in [1.807, 2.05) is 0 Å². The summed E-state index contributed by atoms with van der Waals surface area (Å²) in [6.07, 6.45) is 0.898. The van der Waals surface area contributed by atoms with Gasteiger partial charge in [0.05, 0.1) is 5.38 Å². The van der Waals surface area contributed by atoms with Crippen LogP contribution in [0.1, 0.15) is 21.4 Å². The fourth-order valence-corrected chi connectivity index (χ4v) is 3.07. The van der Waals surface area contributed by atoms with Crippen molar-refractivity contribution < 1.29 is 0 Å². The summed E-state index contributed by atoms with van der Waals surface area (Å²) in [5.74, 6) is 0. The monoisotopic (exact) mass is 314 g/mol. The van der Waals surface area contributed by atoms with Crippen molar-refractivity contribution in [2.75, 3.05) is 0 Å². The van der Waals surface area contributed by atoms with E-state index in [-0.39, 0.29) is 5.38 Å². The maximum absolute atomic E-state index is 6.41. The number of hydrogen-bond acceptors (Lipinski definition) is 1. The third-order valence-electron chi connectivity index (χ3n) is 2.52. The molecule has 1 atom stereocenters. The number of alkyl halides is 1. The van der Waals surface area contributed by atoms with Gasteiger partial charge in [0.15, 0.2) is 0 Å². The van der Waals surface area contributed by atoms with Gasteiger partial charge in [-0.3, -0.25) is 0 Å². The zero-order valence-corrected chi connectivity index (χ0v) is 12.1. The van der Waals surface area contributed by atoms with Gasteiger partial charge in [-0.15, -0.1) is 22.9 Å². The Morgan fingerprint density at radius 3 is 2.81 bits per heavy atom. The molecule has 0 bridgehead atoms. The van der Waals surface area contributed by atoms with Crippen LogP contribution in [0.3, 0.4) is 0 Å². The Bertz CT molecular complexity index is 465. The summed E-state index contributed by atoms with van der Waals surface area (Å²) in [4.78, 5) is 1.33. The summed E-state index contributed by atoms with van der Waals surface area (Å²) >= 11 is 11.7. The molecule has 2 rings (SSSR count). The minimum Gasteiger partial charge on any atom is -0.149 e. The summed E-state index contributed by atoms with van der Waals surface area (Å²) in [6.45, 7) is 2.08. The molecule has 3 heteroatoms. The summed E-state index contributed by atoms with van der Waals surface area (Å²) in [5, 5.41) is 2.14. The Hall–Kier alpha value is -0.310. The van der Waals surface area contributed by atoms with Gasteiger partial charge >= 0.3 is 0 Å². The maximum atomic E-state index is 6.41. The van der Waals surface area contributed by atoms with E-state index in [0.29, 0.717) is 0 Å². The maximum Gasteiger partial charge on any atom is 0.0633 e. The van der Waals surface area contributed by atoms with Crippen LogP contribution in [-0.2, 0) is 6.42 Å². The number of thiophene rings is 1. The van der Waals surface area contributed by atoms with E-state index in [0.717, 1.165) is 10.9 Å². The van der Waals surface area contributed by atoms with Crippen molar-refractivity contribution in [1.29, 1.82) is 0 Å². The van der Waals surface area contributed by atoms with Gasteiger partial charge in [0.25, 0.3) is 0 Å². The average Bonchev–Trinajstić information content (AvgIpc) is 2.74. The smallest absolute Gasteiger partial charge is 0.0633 e. The van der Waals surface area contributed by atoms with Crippen molar-refractivity contribution in [3.8, 4) is 0 Å². The molecule has 0 N–H and O–H groups in total. The number of aryl methyl sites for hydroxylation is 1. The van der Waals surface area contributed by atoms with Crippen LogP contribution in [0.2, 0.25) is 0 Å². The lowest BCUT2D eigenvalue weighted by molar-refractivity contribution is 0.935. The molecule has 0 aliphatic carbocycles. The standard InChI is InChI=1S/C13H12BrClS/c1-9-4-5-10(7-12(9)14)13(15)8-11-3-2-6-16-11/h2-7,13H,8H2,1H3. The van der Waals surface area contributed by atoms with Gasteiger partial charge < -0.3 is 0 Å². The van der Waals surface area contributed by atoms with Gasteiger partial charge in [-0.25, -0.2) is 0 Å². The van der Waals surface area contributed by atoms with Crippen molar-refractivity contribution in [1.82, 2.24) is 0 Å². The predicted molar refractivity (Wildman–Crippen MR) is 75.5 cm³/mol. The topological polar surface area (TPSA) is 0 Å². The normalized spacial score (nSPS) is 12.7. The summed E-state index contributed by atoms with van der Waals surface area (Å²) in [5.41, 5.74) is 2.41. The van der Waals surface area contributed by atoms with Crippen LogP contribution in [-0.4, -0.2) is 0 Å². The van der Waals surface area contributed by atoms with Crippen molar-refractivity contribution in [3.05, 3.63) is 56.2 Å². The number of rotatable bonds is 3. The molecule has 0 nitrogen and oxygen atoms in total. The van der Waals surface area contributed by atoms with Crippen LogP contribution >= 0.6 is 38.9 Å². The van der Waals surface area contributed by atoms with Gasteiger partial charge in [-0.2, -0.15) is 0 Å². The minimum atomic E-state index is 0.0514. The zero-order valence-electron chi connectivity index (χ0n) is 8.91. The van der Waals surface area contributed by atoms with Crippen molar-refractivity contribution in [2.45, 2.75) is 18.7 Å². The highest BCUT2D eigenvalue weighted by atomic mass is 79.9. The quantitative estimate of drug-likeness (QED) is 0.670. The fraction of sp³-hybridized carbons (Fsp3) is 0.231. The molecule has 0 saturated carbocycles. The first kappa shape index (κ1) is 12.2. The Kier molecular flexibility index (Phi) is 4.06. The molecule has 1 heterocycles. The summed E-state index contributed by atoms with van der Waals surface area (Å²) < 4.78 is 1.13. The molecule has 1 aromatic heterocycles. The molecule has 0 amide bonds. The first-order valence-corrected chi connectivity index (χ1v) is 7.20. The Morgan fingerprint density at radius 2 is 2.19 bits per heavy atom. The molecule has 0 saturated heterocycles. The van der Waals surface area contributed by atoms with Gasteiger partial charge in [0, 0.05) is 15.8 Å². The van der Waals surface area contributed by atoms with Crippen LogP contribution in [0.15, 0.2) is 40.2 Å². The van der Waals surface area contributed by atoms with Crippen LogP contribution in [0.25, 0.3) is 0 Å². The lowest BCUT2D eigenvalue weighted by Gasteiger charge is -2.10. The molecular formula is C13H12BrClS. The molecule has 0 aliphatic heterocycles. The summed E-state index contributed by atoms with van der Waals surface area (Å²) in [7, 11) is 0. The van der Waals surface area contributed by atoms with E-state index in [1.54, 1.807) is 11.3 Å². The molecule has 0 spiro atoms. The number of hydrogen-bond donors (Lipinski definition) is 0. The highest BCUT2D eigenvalue weighted by molar-refractivity contribution is 9.10. The zero-order chi connectivity index (χ0) is 11.5. The van der Waals surface area contributed by atoms with E-state index in [1.165, 1.54) is 16.0 Å². The molecule has 84 valence electrons. The average molecular weight is 316 g/mol. The lowest BCUT2D eigenvalue weighted by atomic mass is 10.1. The number of halogens is 2. The molecule has 0 radical (unpaired) electrons. The SMILES string of the molecule is Cc1ccc(C(Cl)Cc2cccs2)cc1Br. The third-order valence-corrected chi connectivity index (χ3v) is 4.68. The first-order chi connectivity index (χ1) is 7.66. The Balaban J connectivity index is 2.14. The van der Waals surface area contributed by atoms with E-state index >= 15 is 0 Å². The fourth-order valence-electron chi connectivity index (χ4n) is 1.53. The lowest BCUT2D eigenvalue weighted by Crippen LogP contribution is -1.94. The van der Waals surface area contributed by atoms with E-state index in [2.05, 4.69) is 58.6 Å². The van der Waals surface area contributed by atoms with Crippen molar-refractivity contribution in [3.63, 3.8) is 0 Å². The molecule has 16 heavy (non-hydrogen) atoms. The third kappa shape index (κ3) is 2.88. The molecule has 1 unspecified atom stereocenters. The van der Waals surface area contributed by atoms with Crippen LogP contribution < -0.4 is 0 Å². The van der Waals surface area contributed by atoms with Gasteiger partial charge in [-0.1, -0.05) is 34.1 Å². The summed E-state index contributed by atoms with van der Waals surface area (Å²) in [6, 6.07) is 10.5. The van der Waals surface area contributed by atoms with Crippen molar-refractivity contribution in [2.24, 2.45) is 0 Å². The minimum absolute atomic E-state index is 0.0514. The second kappa shape index (κ2) is 5.35. The molecular weight excluding hydrogens is 304 g/mol. The molecule has 0 fully saturated rings. The molecule has 0 aliphatic rings. The van der Waals surface area contributed by atoms with E-state index in [4.69, 9.17) is 11.6 Å². The molecule has 1 aromatic carbocycles. The second-order valence-electron chi connectivity index (χ2n) is 3.76. The molecule has 2 aromatic rings. The Morgan fingerprint density at radius 1 is 1.38 bits per heavy atom. The Labute approximate surface area is 113 Å². The van der Waals surface area contributed by atoms with Gasteiger partial charge in [-0.05, 0) is 35.6 Å². The van der Waals surface area contributed by atoms with Gasteiger partial charge in [0.2, 0.25) is 0 Å².